The zero-order chi connectivity index (χ0) is 17.1. The Labute approximate surface area is 152 Å². The first-order chi connectivity index (χ1) is 12.3. The number of nitrogens with one attached hydrogen (secondary N) is 1. The van der Waals surface area contributed by atoms with E-state index in [0.717, 1.165) is 36.9 Å². The van der Waals surface area contributed by atoms with Crippen molar-refractivity contribution in [1.29, 1.82) is 0 Å². The molecule has 0 bridgehead atoms. The van der Waals surface area contributed by atoms with E-state index in [-0.39, 0.29) is 6.04 Å². The van der Waals surface area contributed by atoms with Gasteiger partial charge in [0.2, 0.25) is 0 Å². The SMILES string of the molecule is Clc1ccccc1C1CNCCN1Cc1ccc(-n2cncn2)cc1. The van der Waals surface area contributed by atoms with E-state index in [1.807, 2.05) is 12.1 Å². The third kappa shape index (κ3) is 3.58. The van der Waals surface area contributed by atoms with Crippen molar-refractivity contribution in [2.75, 3.05) is 19.6 Å². The van der Waals surface area contributed by atoms with Crippen LogP contribution < -0.4 is 5.32 Å². The molecule has 0 spiro atoms. The highest BCUT2D eigenvalue weighted by molar-refractivity contribution is 6.31. The van der Waals surface area contributed by atoms with Crippen LogP contribution >= 0.6 is 11.6 Å². The summed E-state index contributed by atoms with van der Waals surface area (Å²) >= 11 is 6.43. The summed E-state index contributed by atoms with van der Waals surface area (Å²) in [6.45, 7) is 3.81. The highest BCUT2D eigenvalue weighted by Crippen LogP contribution is 2.29. The lowest BCUT2D eigenvalue weighted by atomic mass is 10.0. The average molecular weight is 354 g/mol. The van der Waals surface area contributed by atoms with E-state index >= 15 is 0 Å². The predicted molar refractivity (Wildman–Crippen MR) is 98.8 cm³/mol. The van der Waals surface area contributed by atoms with Crippen molar-refractivity contribution >= 4 is 11.6 Å². The first-order valence-corrected chi connectivity index (χ1v) is 8.82. The molecule has 2 heterocycles. The van der Waals surface area contributed by atoms with Gasteiger partial charge in [-0.1, -0.05) is 41.9 Å². The first kappa shape index (κ1) is 16.3. The fourth-order valence-corrected chi connectivity index (χ4v) is 3.58. The van der Waals surface area contributed by atoms with Gasteiger partial charge in [-0.05, 0) is 29.3 Å². The maximum absolute atomic E-state index is 6.43. The van der Waals surface area contributed by atoms with Crippen LogP contribution in [-0.4, -0.2) is 39.3 Å². The summed E-state index contributed by atoms with van der Waals surface area (Å²) < 4.78 is 1.77. The van der Waals surface area contributed by atoms with Crippen LogP contribution in [0.3, 0.4) is 0 Å². The number of hydrogen-bond donors (Lipinski definition) is 1. The van der Waals surface area contributed by atoms with E-state index < -0.39 is 0 Å². The molecule has 1 unspecified atom stereocenters. The van der Waals surface area contributed by atoms with E-state index in [9.17, 15) is 0 Å². The van der Waals surface area contributed by atoms with Crippen LogP contribution in [0.1, 0.15) is 17.2 Å². The van der Waals surface area contributed by atoms with Gasteiger partial charge in [0.15, 0.2) is 0 Å². The van der Waals surface area contributed by atoms with E-state index in [0.29, 0.717) is 0 Å². The molecule has 1 atom stereocenters. The second-order valence-corrected chi connectivity index (χ2v) is 6.63. The van der Waals surface area contributed by atoms with Gasteiger partial charge in [0, 0.05) is 37.2 Å². The molecular weight excluding hydrogens is 334 g/mol. The van der Waals surface area contributed by atoms with Gasteiger partial charge >= 0.3 is 0 Å². The van der Waals surface area contributed by atoms with Crippen molar-refractivity contribution < 1.29 is 0 Å². The topological polar surface area (TPSA) is 46.0 Å². The van der Waals surface area contributed by atoms with E-state index in [4.69, 9.17) is 11.6 Å². The first-order valence-electron chi connectivity index (χ1n) is 8.44. The summed E-state index contributed by atoms with van der Waals surface area (Å²) in [7, 11) is 0. The Morgan fingerprint density at radius 3 is 2.72 bits per heavy atom. The molecule has 3 aromatic rings. The number of halogens is 1. The molecule has 2 aromatic carbocycles. The number of rotatable bonds is 4. The average Bonchev–Trinajstić information content (AvgIpc) is 3.18. The Balaban J connectivity index is 1.53. The van der Waals surface area contributed by atoms with Gasteiger partial charge in [-0.25, -0.2) is 9.67 Å². The number of piperazine rings is 1. The molecule has 128 valence electrons. The fourth-order valence-electron chi connectivity index (χ4n) is 3.32. The Hall–Kier alpha value is -2.21. The molecule has 1 fully saturated rings. The van der Waals surface area contributed by atoms with E-state index in [1.54, 1.807) is 17.3 Å². The van der Waals surface area contributed by atoms with E-state index in [1.165, 1.54) is 11.1 Å². The number of hydrogen-bond acceptors (Lipinski definition) is 4. The second kappa shape index (κ2) is 7.35. The normalized spacial score (nSPS) is 18.4. The van der Waals surface area contributed by atoms with Gasteiger partial charge in [0.25, 0.3) is 0 Å². The van der Waals surface area contributed by atoms with Crippen LogP contribution in [-0.2, 0) is 6.54 Å². The second-order valence-electron chi connectivity index (χ2n) is 6.22. The molecule has 1 aliphatic heterocycles. The molecule has 1 saturated heterocycles. The Morgan fingerprint density at radius 2 is 1.96 bits per heavy atom. The van der Waals surface area contributed by atoms with Gasteiger partial charge in [-0.15, -0.1) is 0 Å². The molecule has 4 rings (SSSR count). The smallest absolute Gasteiger partial charge is 0.138 e. The molecule has 1 aromatic heterocycles. The molecule has 5 nitrogen and oxygen atoms in total. The van der Waals surface area contributed by atoms with Crippen LogP contribution in [0.25, 0.3) is 5.69 Å². The zero-order valence-electron chi connectivity index (χ0n) is 13.8. The Bertz CT molecular complexity index is 816. The highest BCUT2D eigenvalue weighted by Gasteiger charge is 2.25. The number of aromatic nitrogens is 3. The summed E-state index contributed by atoms with van der Waals surface area (Å²) in [5, 5.41) is 8.49. The molecule has 25 heavy (non-hydrogen) atoms. The van der Waals surface area contributed by atoms with Crippen molar-refractivity contribution in [3.8, 4) is 5.69 Å². The summed E-state index contributed by atoms with van der Waals surface area (Å²) in [5.74, 6) is 0. The van der Waals surface area contributed by atoms with Crippen LogP contribution in [0.15, 0.2) is 61.2 Å². The predicted octanol–water partition coefficient (Wildman–Crippen LogP) is 3.07. The monoisotopic (exact) mass is 353 g/mol. The standard InChI is InChI=1S/C19H20ClN5/c20-18-4-2-1-3-17(18)19-11-21-9-10-24(19)12-15-5-7-16(8-6-15)25-14-22-13-23-25/h1-8,13-14,19,21H,9-12H2. The number of benzene rings is 2. The largest absolute Gasteiger partial charge is 0.314 e. The summed E-state index contributed by atoms with van der Waals surface area (Å²) in [6.07, 6.45) is 3.25. The molecular formula is C19H20ClN5. The molecule has 0 aliphatic carbocycles. The minimum absolute atomic E-state index is 0.289. The molecule has 1 N–H and O–H groups in total. The minimum atomic E-state index is 0.289. The third-order valence-electron chi connectivity index (χ3n) is 4.62. The van der Waals surface area contributed by atoms with Crippen molar-refractivity contribution in [3.05, 3.63) is 77.3 Å². The van der Waals surface area contributed by atoms with Crippen LogP contribution in [0.2, 0.25) is 5.02 Å². The Kier molecular flexibility index (Phi) is 4.78. The lowest BCUT2D eigenvalue weighted by Crippen LogP contribution is -2.45. The maximum atomic E-state index is 6.43. The number of nitrogens with zero attached hydrogens (tertiary/aromatic N) is 4. The lowest BCUT2D eigenvalue weighted by molar-refractivity contribution is 0.154. The van der Waals surface area contributed by atoms with Crippen LogP contribution in [0.5, 0.6) is 0 Å². The van der Waals surface area contributed by atoms with Crippen molar-refractivity contribution in [3.63, 3.8) is 0 Å². The molecule has 0 radical (unpaired) electrons. The van der Waals surface area contributed by atoms with Gasteiger partial charge < -0.3 is 5.32 Å². The molecule has 6 heteroatoms. The zero-order valence-corrected chi connectivity index (χ0v) is 14.6. The minimum Gasteiger partial charge on any atom is -0.314 e. The van der Waals surface area contributed by atoms with Crippen LogP contribution in [0.4, 0.5) is 0 Å². The van der Waals surface area contributed by atoms with Gasteiger partial charge in [0.1, 0.15) is 12.7 Å². The summed E-state index contributed by atoms with van der Waals surface area (Å²) in [4.78, 5) is 6.48. The lowest BCUT2D eigenvalue weighted by Gasteiger charge is -2.37. The third-order valence-corrected chi connectivity index (χ3v) is 4.97. The Morgan fingerprint density at radius 1 is 1.12 bits per heavy atom. The summed E-state index contributed by atoms with van der Waals surface area (Å²) in [5.41, 5.74) is 3.49. The molecule has 0 amide bonds. The molecule has 1 aliphatic rings. The maximum Gasteiger partial charge on any atom is 0.138 e. The summed E-state index contributed by atoms with van der Waals surface area (Å²) in [6, 6.07) is 16.9. The van der Waals surface area contributed by atoms with Crippen LogP contribution in [0, 0.1) is 0 Å². The van der Waals surface area contributed by atoms with E-state index in [2.05, 4.69) is 56.7 Å². The quantitative estimate of drug-likeness (QED) is 0.783. The van der Waals surface area contributed by atoms with Crippen molar-refractivity contribution in [2.24, 2.45) is 0 Å². The van der Waals surface area contributed by atoms with Crippen molar-refractivity contribution in [2.45, 2.75) is 12.6 Å². The van der Waals surface area contributed by atoms with Gasteiger partial charge in [0.05, 0.1) is 5.69 Å². The van der Waals surface area contributed by atoms with Gasteiger partial charge in [-0.2, -0.15) is 5.10 Å². The molecule has 0 saturated carbocycles. The van der Waals surface area contributed by atoms with Crippen molar-refractivity contribution in [1.82, 2.24) is 25.0 Å². The fraction of sp³-hybridized carbons (Fsp3) is 0.263. The highest BCUT2D eigenvalue weighted by atomic mass is 35.5. The van der Waals surface area contributed by atoms with Gasteiger partial charge in [-0.3, -0.25) is 4.90 Å².